The summed E-state index contributed by atoms with van der Waals surface area (Å²) in [4.78, 5) is 0. The summed E-state index contributed by atoms with van der Waals surface area (Å²) < 4.78 is 2.76. The van der Waals surface area contributed by atoms with Gasteiger partial charge >= 0.3 is 0 Å². The predicted octanol–water partition coefficient (Wildman–Crippen LogP) is 6.99. The molecule has 0 amide bonds. The third kappa shape index (κ3) is 2.51. The molecule has 0 saturated carbocycles. The van der Waals surface area contributed by atoms with Crippen LogP contribution in [0.15, 0.2) is 60.7 Å². The Morgan fingerprint density at radius 3 is 2.40 bits per heavy atom. The van der Waals surface area contributed by atoms with Crippen molar-refractivity contribution in [2.24, 2.45) is 0 Å². The number of benzene rings is 2. The average Bonchev–Trinajstić information content (AvgIpc) is 3.15. The normalized spacial score (nSPS) is 23.9. The lowest BCUT2D eigenvalue weighted by Gasteiger charge is -2.44. The lowest BCUT2D eigenvalue weighted by Crippen LogP contribution is -2.66. The van der Waals surface area contributed by atoms with Crippen molar-refractivity contribution in [1.82, 2.24) is 0 Å². The van der Waals surface area contributed by atoms with Gasteiger partial charge in [0, 0.05) is 25.8 Å². The molecule has 1 heteroatoms. The number of nitrogens with zero attached hydrogens (tertiary/aromatic N) is 1. The second-order valence-electron chi connectivity index (χ2n) is 9.69. The van der Waals surface area contributed by atoms with Gasteiger partial charge in [0.15, 0.2) is 11.2 Å². The summed E-state index contributed by atoms with van der Waals surface area (Å²) >= 11 is 0. The van der Waals surface area contributed by atoms with Crippen molar-refractivity contribution in [3.05, 3.63) is 77.5 Å². The van der Waals surface area contributed by atoms with E-state index in [1.807, 2.05) is 0 Å². The van der Waals surface area contributed by atoms with Crippen LogP contribution in [0, 0.1) is 0 Å². The number of pyridine rings is 1. The maximum absolute atomic E-state index is 2.76. The van der Waals surface area contributed by atoms with E-state index in [9.17, 15) is 0 Å². The van der Waals surface area contributed by atoms with Crippen molar-refractivity contribution in [3.8, 4) is 22.4 Å². The van der Waals surface area contributed by atoms with Gasteiger partial charge in [-0.05, 0) is 48.9 Å². The number of aromatic nitrogens is 1. The lowest BCUT2D eigenvalue weighted by molar-refractivity contribution is -0.756. The zero-order valence-electron chi connectivity index (χ0n) is 19.0. The summed E-state index contributed by atoms with van der Waals surface area (Å²) in [5.74, 6) is 0. The molecule has 0 bridgehead atoms. The molecule has 2 unspecified atom stereocenters. The molecule has 0 N–H and O–H groups in total. The van der Waals surface area contributed by atoms with Gasteiger partial charge in [0.2, 0.25) is 5.69 Å². The highest BCUT2D eigenvalue weighted by molar-refractivity contribution is 5.74. The Kier molecular flexibility index (Phi) is 4.61. The monoisotopic (exact) mass is 396 g/mol. The number of hydrogen-bond donors (Lipinski definition) is 0. The largest absolute Gasteiger partial charge is 0.213 e. The fourth-order valence-electron chi connectivity index (χ4n) is 6.31. The molecular weight excluding hydrogens is 362 g/mol. The van der Waals surface area contributed by atoms with E-state index >= 15 is 0 Å². The Labute approximate surface area is 181 Å². The number of unbranched alkanes of at least 4 members (excludes halogenated alkanes) is 1. The van der Waals surface area contributed by atoms with Crippen LogP contribution in [-0.4, -0.2) is 0 Å². The highest BCUT2D eigenvalue weighted by Crippen LogP contribution is 2.53. The van der Waals surface area contributed by atoms with Gasteiger partial charge in [-0.1, -0.05) is 68.8 Å². The average molecular weight is 397 g/mol. The summed E-state index contributed by atoms with van der Waals surface area (Å²) in [6.45, 7) is 9.70. The van der Waals surface area contributed by atoms with E-state index in [-0.39, 0.29) is 11.0 Å². The molecule has 0 spiro atoms. The van der Waals surface area contributed by atoms with E-state index in [1.165, 1.54) is 52.8 Å². The van der Waals surface area contributed by atoms with Crippen molar-refractivity contribution in [2.45, 2.75) is 77.2 Å². The fraction of sp³-hybridized carbons (Fsp3) is 0.414. The highest BCUT2D eigenvalue weighted by Gasteiger charge is 2.61. The number of rotatable bonds is 5. The van der Waals surface area contributed by atoms with E-state index in [1.54, 1.807) is 5.69 Å². The highest BCUT2D eigenvalue weighted by atomic mass is 15.1. The molecule has 0 radical (unpaired) electrons. The van der Waals surface area contributed by atoms with Gasteiger partial charge in [-0.25, -0.2) is 0 Å². The van der Waals surface area contributed by atoms with E-state index in [2.05, 4.69) is 92.9 Å². The van der Waals surface area contributed by atoms with Crippen LogP contribution in [0.1, 0.15) is 70.2 Å². The van der Waals surface area contributed by atoms with Crippen LogP contribution >= 0.6 is 0 Å². The Morgan fingerprint density at radius 2 is 1.67 bits per heavy atom. The van der Waals surface area contributed by atoms with Crippen LogP contribution in [0.5, 0.6) is 0 Å². The minimum atomic E-state index is 0.119. The van der Waals surface area contributed by atoms with Crippen LogP contribution in [0.3, 0.4) is 0 Å². The summed E-state index contributed by atoms with van der Waals surface area (Å²) in [7, 11) is 0. The summed E-state index contributed by atoms with van der Waals surface area (Å²) in [5, 5.41) is 0. The molecule has 0 saturated heterocycles. The van der Waals surface area contributed by atoms with Gasteiger partial charge < -0.3 is 0 Å². The Bertz CT molecular complexity index is 1100. The molecule has 2 atom stereocenters. The first-order valence-corrected chi connectivity index (χ1v) is 11.8. The van der Waals surface area contributed by atoms with Crippen LogP contribution in [0.4, 0.5) is 0 Å². The molecule has 3 aromatic rings. The molecule has 30 heavy (non-hydrogen) atoms. The van der Waals surface area contributed by atoms with Crippen molar-refractivity contribution >= 4 is 0 Å². The van der Waals surface area contributed by atoms with E-state index < -0.39 is 0 Å². The Hall–Kier alpha value is -2.41. The molecule has 154 valence electrons. The second-order valence-corrected chi connectivity index (χ2v) is 9.69. The summed E-state index contributed by atoms with van der Waals surface area (Å²) in [6, 6.07) is 22.9. The summed E-state index contributed by atoms with van der Waals surface area (Å²) in [5.41, 5.74) is 10.7. The third-order valence-electron chi connectivity index (χ3n) is 8.33. The quantitative estimate of drug-likeness (QED) is 0.409. The van der Waals surface area contributed by atoms with Crippen LogP contribution in [0.25, 0.3) is 22.4 Å². The van der Waals surface area contributed by atoms with Gasteiger partial charge in [0.25, 0.3) is 0 Å². The molecule has 1 aromatic heterocycles. The standard InChI is InChI=1S/C29H34N/c1-5-7-13-22-20-26-23-16-11-12-17-24(23)28(3,6-2)29(4)19-18-25(30(26)29)27(22)21-14-9-8-10-15-21/h8-12,14-17,20H,5-7,13,18-19H2,1-4H3/q+1. The van der Waals surface area contributed by atoms with Crippen molar-refractivity contribution in [1.29, 1.82) is 0 Å². The van der Waals surface area contributed by atoms with Crippen LogP contribution in [0.2, 0.25) is 0 Å². The number of hydrogen-bond acceptors (Lipinski definition) is 0. The first kappa shape index (κ1) is 19.5. The maximum atomic E-state index is 2.76. The van der Waals surface area contributed by atoms with E-state index in [4.69, 9.17) is 0 Å². The minimum absolute atomic E-state index is 0.119. The lowest BCUT2D eigenvalue weighted by atomic mass is 9.61. The third-order valence-corrected chi connectivity index (χ3v) is 8.33. The van der Waals surface area contributed by atoms with Gasteiger partial charge in [0.05, 0.1) is 16.5 Å². The van der Waals surface area contributed by atoms with Crippen molar-refractivity contribution in [2.75, 3.05) is 0 Å². The number of aryl methyl sites for hydroxylation is 1. The molecule has 5 rings (SSSR count). The molecular formula is C29H34N+. The Balaban J connectivity index is 1.87. The molecule has 0 fully saturated rings. The molecule has 0 aliphatic carbocycles. The molecule has 1 nitrogen and oxygen atoms in total. The Morgan fingerprint density at radius 1 is 0.933 bits per heavy atom. The smallest absolute Gasteiger partial charge is 0.189 e. The van der Waals surface area contributed by atoms with Crippen molar-refractivity contribution in [3.63, 3.8) is 0 Å². The zero-order chi connectivity index (χ0) is 20.9. The summed E-state index contributed by atoms with van der Waals surface area (Å²) in [6.07, 6.45) is 7.17. The van der Waals surface area contributed by atoms with Gasteiger partial charge in [-0.15, -0.1) is 0 Å². The van der Waals surface area contributed by atoms with Crippen molar-refractivity contribution < 1.29 is 4.57 Å². The number of fused-ring (bicyclic) bond motifs is 2. The van der Waals surface area contributed by atoms with Gasteiger partial charge in [-0.3, -0.25) is 0 Å². The van der Waals surface area contributed by atoms with Crippen LogP contribution < -0.4 is 4.57 Å². The first-order valence-electron chi connectivity index (χ1n) is 11.8. The predicted molar refractivity (Wildman–Crippen MR) is 126 cm³/mol. The minimum Gasteiger partial charge on any atom is -0.189 e. The first-order chi connectivity index (χ1) is 14.5. The molecule has 2 aliphatic heterocycles. The second kappa shape index (κ2) is 7.08. The van der Waals surface area contributed by atoms with E-state index in [0.717, 1.165) is 19.3 Å². The SMILES string of the molecule is CCCCc1cc2[n+]3c(c1-c1ccccc1)CCC3(C)C(C)(CC)c1ccccc1-2. The topological polar surface area (TPSA) is 3.88 Å². The molecule has 2 aromatic carbocycles. The fourth-order valence-corrected chi connectivity index (χ4v) is 6.31. The molecule has 3 heterocycles. The van der Waals surface area contributed by atoms with Gasteiger partial charge in [0.1, 0.15) is 0 Å². The zero-order valence-corrected chi connectivity index (χ0v) is 19.0. The van der Waals surface area contributed by atoms with Crippen LogP contribution in [-0.2, 0) is 23.8 Å². The molecule has 2 aliphatic rings. The maximum Gasteiger partial charge on any atom is 0.213 e. The van der Waals surface area contributed by atoms with Gasteiger partial charge in [-0.2, -0.15) is 4.57 Å². The van der Waals surface area contributed by atoms with E-state index in [0.29, 0.717) is 0 Å².